The van der Waals surface area contributed by atoms with Gasteiger partial charge in [-0.3, -0.25) is 4.79 Å². The van der Waals surface area contributed by atoms with Gasteiger partial charge in [0.05, 0.1) is 9.79 Å². The van der Waals surface area contributed by atoms with Crippen LogP contribution in [0, 0.1) is 5.92 Å². The van der Waals surface area contributed by atoms with Crippen molar-refractivity contribution in [2.24, 2.45) is 11.1 Å². The summed E-state index contributed by atoms with van der Waals surface area (Å²) >= 11 is 1.38. The van der Waals surface area contributed by atoms with Crippen molar-refractivity contribution < 1.29 is 34.8 Å². The Hall–Kier alpha value is -2.09. The normalized spacial score (nSPS) is 13.4. The molecule has 2 aromatic rings. The predicted octanol–water partition coefficient (Wildman–Crippen LogP) is 3.84. The lowest BCUT2D eigenvalue weighted by Crippen LogP contribution is -2.30. The Morgan fingerprint density at radius 3 is 2.26 bits per heavy atom. The Bertz CT molecular complexity index is 1230. The second-order valence-corrected chi connectivity index (χ2v) is 12.5. The molecule has 0 saturated heterocycles. The standard InChI is InChI=1S/C22H27F3N2O5S3/c1-3-11-27(2)21(28)13-16(15-33-18-7-5-4-6-8-18)12-17-9-10-19(35(26,31)32)14-20(17)34(29,30)22(23,24)25/h4-10,14,16H,3,11-13,15H2,1-2H3,(H2,26,31,32)/t16-/m1/s1. The fraction of sp³-hybridized carbons (Fsp3) is 0.409. The topological polar surface area (TPSA) is 115 Å². The quantitative estimate of drug-likeness (QED) is 0.424. The van der Waals surface area contributed by atoms with Crippen molar-refractivity contribution in [1.29, 1.82) is 0 Å². The minimum Gasteiger partial charge on any atom is -0.346 e. The van der Waals surface area contributed by atoms with Gasteiger partial charge in [-0.05, 0) is 48.6 Å². The zero-order chi connectivity index (χ0) is 26.4. The van der Waals surface area contributed by atoms with E-state index in [0.29, 0.717) is 24.8 Å². The number of rotatable bonds is 11. The smallest absolute Gasteiger partial charge is 0.346 e. The third-order valence-corrected chi connectivity index (χ3v) is 8.87. The van der Waals surface area contributed by atoms with Gasteiger partial charge in [0.1, 0.15) is 0 Å². The summed E-state index contributed by atoms with van der Waals surface area (Å²) < 4.78 is 88.2. The Kier molecular flexibility index (Phi) is 9.79. The maximum Gasteiger partial charge on any atom is 0.501 e. The first-order chi connectivity index (χ1) is 16.2. The number of hydrogen-bond acceptors (Lipinski definition) is 6. The highest BCUT2D eigenvalue weighted by Gasteiger charge is 2.48. The third kappa shape index (κ3) is 7.95. The van der Waals surface area contributed by atoms with Gasteiger partial charge in [-0.2, -0.15) is 13.2 Å². The van der Waals surface area contributed by atoms with Crippen LogP contribution < -0.4 is 5.14 Å². The Morgan fingerprint density at radius 2 is 1.71 bits per heavy atom. The van der Waals surface area contributed by atoms with E-state index in [1.807, 2.05) is 37.3 Å². The molecule has 0 aliphatic heterocycles. The fourth-order valence-electron chi connectivity index (χ4n) is 3.35. The fourth-order valence-corrected chi connectivity index (χ4v) is 6.01. The van der Waals surface area contributed by atoms with Crippen LogP contribution in [0.4, 0.5) is 13.2 Å². The van der Waals surface area contributed by atoms with E-state index >= 15 is 0 Å². The van der Waals surface area contributed by atoms with Crippen molar-refractivity contribution in [3.05, 3.63) is 54.1 Å². The van der Waals surface area contributed by atoms with Crippen LogP contribution >= 0.6 is 11.8 Å². The molecule has 1 atom stereocenters. The van der Waals surface area contributed by atoms with Crippen LogP contribution in [0.2, 0.25) is 0 Å². The molecular formula is C22H27F3N2O5S3. The molecule has 0 unspecified atom stereocenters. The molecule has 13 heteroatoms. The summed E-state index contributed by atoms with van der Waals surface area (Å²) in [6, 6.07) is 11.5. The van der Waals surface area contributed by atoms with Gasteiger partial charge in [0.25, 0.3) is 9.84 Å². The van der Waals surface area contributed by atoms with E-state index in [4.69, 9.17) is 5.14 Å². The van der Waals surface area contributed by atoms with Crippen molar-refractivity contribution >= 4 is 37.5 Å². The number of carbonyl (C=O) groups is 1. The number of hydrogen-bond donors (Lipinski definition) is 1. The molecule has 2 N–H and O–H groups in total. The zero-order valence-corrected chi connectivity index (χ0v) is 21.6. The maximum atomic E-state index is 13.4. The van der Waals surface area contributed by atoms with Crippen LogP contribution in [0.15, 0.2) is 63.2 Å². The van der Waals surface area contributed by atoms with E-state index < -0.39 is 41.1 Å². The summed E-state index contributed by atoms with van der Waals surface area (Å²) in [5.74, 6) is -0.445. The molecule has 194 valence electrons. The Labute approximate surface area is 207 Å². The van der Waals surface area contributed by atoms with E-state index in [2.05, 4.69) is 0 Å². The van der Waals surface area contributed by atoms with Crippen LogP contribution in [0.25, 0.3) is 0 Å². The van der Waals surface area contributed by atoms with Crippen LogP contribution in [0.1, 0.15) is 25.3 Å². The summed E-state index contributed by atoms with van der Waals surface area (Å²) in [5.41, 5.74) is -5.89. The van der Waals surface area contributed by atoms with E-state index in [-0.39, 0.29) is 24.3 Å². The number of thioether (sulfide) groups is 1. The molecule has 35 heavy (non-hydrogen) atoms. The number of carbonyl (C=O) groups excluding carboxylic acids is 1. The summed E-state index contributed by atoms with van der Waals surface area (Å²) in [6.45, 7) is 2.39. The molecule has 0 heterocycles. The molecule has 2 aromatic carbocycles. The molecule has 0 bridgehead atoms. The van der Waals surface area contributed by atoms with Gasteiger partial charge in [-0.25, -0.2) is 22.0 Å². The average Bonchev–Trinajstić information content (AvgIpc) is 2.77. The molecule has 7 nitrogen and oxygen atoms in total. The maximum absolute atomic E-state index is 13.4. The number of amides is 1. The lowest BCUT2D eigenvalue weighted by atomic mass is 9.97. The molecule has 0 aliphatic carbocycles. The molecule has 2 rings (SSSR count). The molecule has 1 amide bonds. The lowest BCUT2D eigenvalue weighted by Gasteiger charge is -2.23. The molecule has 0 radical (unpaired) electrons. The van der Waals surface area contributed by atoms with Crippen molar-refractivity contribution in [3.8, 4) is 0 Å². The van der Waals surface area contributed by atoms with Gasteiger partial charge in [-0.1, -0.05) is 31.2 Å². The largest absolute Gasteiger partial charge is 0.501 e. The van der Waals surface area contributed by atoms with Crippen molar-refractivity contribution in [3.63, 3.8) is 0 Å². The number of halogens is 3. The molecule has 0 saturated carbocycles. The second kappa shape index (κ2) is 11.8. The minimum absolute atomic E-state index is 0.0290. The van der Waals surface area contributed by atoms with E-state index in [1.165, 1.54) is 16.7 Å². The van der Waals surface area contributed by atoms with Crippen LogP contribution in [0.3, 0.4) is 0 Å². The van der Waals surface area contributed by atoms with Gasteiger partial charge in [0.2, 0.25) is 15.9 Å². The molecule has 0 aliphatic rings. The highest BCUT2D eigenvalue weighted by molar-refractivity contribution is 7.99. The van der Waals surface area contributed by atoms with Crippen molar-refractivity contribution in [2.75, 3.05) is 19.3 Å². The number of sulfone groups is 1. The summed E-state index contributed by atoms with van der Waals surface area (Å²) in [7, 11) is -8.72. The average molecular weight is 553 g/mol. The van der Waals surface area contributed by atoms with Crippen LogP contribution in [-0.2, 0) is 31.1 Å². The third-order valence-electron chi connectivity index (χ3n) is 5.15. The molecule has 0 fully saturated rings. The highest BCUT2D eigenvalue weighted by Crippen LogP contribution is 2.35. The first kappa shape index (κ1) is 29.1. The van der Waals surface area contributed by atoms with Gasteiger partial charge in [0, 0.05) is 30.7 Å². The summed E-state index contributed by atoms with van der Waals surface area (Å²) in [4.78, 5) is 13.1. The number of sulfonamides is 1. The number of nitrogens with zero attached hydrogens (tertiary/aromatic N) is 1. The first-order valence-electron chi connectivity index (χ1n) is 10.6. The predicted molar refractivity (Wildman–Crippen MR) is 128 cm³/mol. The lowest BCUT2D eigenvalue weighted by molar-refractivity contribution is -0.130. The highest BCUT2D eigenvalue weighted by atomic mass is 32.2. The molecule has 0 spiro atoms. The van der Waals surface area contributed by atoms with Crippen molar-refractivity contribution in [2.45, 2.75) is 46.4 Å². The minimum atomic E-state index is -5.88. The van der Waals surface area contributed by atoms with E-state index in [0.717, 1.165) is 17.0 Å². The van der Waals surface area contributed by atoms with Crippen LogP contribution in [-0.4, -0.2) is 52.5 Å². The summed E-state index contributed by atoms with van der Waals surface area (Å²) in [6.07, 6.45) is 0.495. The van der Waals surface area contributed by atoms with Crippen molar-refractivity contribution in [1.82, 2.24) is 4.90 Å². The van der Waals surface area contributed by atoms with Crippen LogP contribution in [0.5, 0.6) is 0 Å². The van der Waals surface area contributed by atoms with Gasteiger partial charge in [-0.15, -0.1) is 11.8 Å². The van der Waals surface area contributed by atoms with E-state index in [9.17, 15) is 34.8 Å². The molecule has 0 aromatic heterocycles. The van der Waals surface area contributed by atoms with Gasteiger partial charge >= 0.3 is 5.51 Å². The van der Waals surface area contributed by atoms with Gasteiger partial charge < -0.3 is 4.90 Å². The number of nitrogens with two attached hydrogens (primary N) is 1. The number of alkyl halides is 3. The summed E-state index contributed by atoms with van der Waals surface area (Å²) in [5, 5.41) is 5.01. The molecular weight excluding hydrogens is 525 g/mol. The zero-order valence-electron chi connectivity index (χ0n) is 19.2. The SMILES string of the molecule is CCCN(C)C(=O)C[C@H](CSc1ccccc1)Cc1ccc(S(N)(=O)=O)cc1S(=O)(=O)C(F)(F)F. The first-order valence-corrected chi connectivity index (χ1v) is 14.6. The Balaban J connectivity index is 2.48. The Morgan fingerprint density at radius 1 is 1.09 bits per heavy atom. The second-order valence-electron chi connectivity index (χ2n) is 7.98. The number of primary sulfonamides is 1. The van der Waals surface area contributed by atoms with Gasteiger partial charge in [0.15, 0.2) is 0 Å². The van der Waals surface area contributed by atoms with E-state index in [1.54, 1.807) is 7.05 Å². The number of benzene rings is 2. The monoisotopic (exact) mass is 552 g/mol.